The van der Waals surface area contributed by atoms with Gasteiger partial charge in [0.15, 0.2) is 0 Å². The first-order valence-electron chi connectivity index (χ1n) is 33.8. The first-order valence-corrected chi connectivity index (χ1v) is 35.0. The lowest BCUT2D eigenvalue weighted by atomic mass is 9.77. The number of urea groups is 2. The monoisotopic (exact) mass is 1400 g/mol. The van der Waals surface area contributed by atoms with Gasteiger partial charge in [-0.05, 0) is 144 Å². The van der Waals surface area contributed by atoms with E-state index in [-0.39, 0.29) is 23.0 Å². The largest absolute Gasteiger partial charge is 0.497 e. The van der Waals surface area contributed by atoms with Gasteiger partial charge in [-0.25, -0.2) is 9.59 Å². The Morgan fingerprint density at radius 3 is 1.29 bits per heavy atom. The van der Waals surface area contributed by atoms with Crippen molar-refractivity contribution in [3.8, 4) is 57.4 Å². The van der Waals surface area contributed by atoms with Crippen LogP contribution in [-0.2, 0) is 48.9 Å². The number of ether oxygens (including phenoxy) is 8. The van der Waals surface area contributed by atoms with Crippen molar-refractivity contribution in [2.75, 3.05) is 83.1 Å². The molecule has 8 heterocycles. The fourth-order valence-electron chi connectivity index (χ4n) is 15.5. The van der Waals surface area contributed by atoms with E-state index in [1.165, 1.54) is 11.3 Å². The smallest absolute Gasteiger partial charge is 0.325 e. The Bertz CT molecular complexity index is 4220. The Hall–Kier alpha value is -9.30. The summed E-state index contributed by atoms with van der Waals surface area (Å²) in [7, 11) is 13.4. The number of allylic oxidation sites excluding steroid dienone is 2. The van der Waals surface area contributed by atoms with Crippen molar-refractivity contribution in [1.82, 2.24) is 39.0 Å². The molecule has 14 rings (SSSR count). The SMILES string of the molecule is BrCc1cccc(-n2cccc2)c1.COc1cc(CN2CCC3(CC2)C2=CC(C)(C)c4c(cc(OC)cc4OC)CN2C(=O)N3Cc2cccc(-n3cccc3)c2)cc(OC)c1.COc1cc(CN2CCC3(CC2)NC(=O)N2Cc4cc(OC)cc(OC)c4C(C)(C)C=C23)cc(OC)c1. The molecule has 0 unspecified atom stereocenters. The van der Waals surface area contributed by atoms with Gasteiger partial charge in [0.2, 0.25) is 0 Å². The molecule has 8 aromatic rings. The van der Waals surface area contributed by atoms with Crippen LogP contribution in [0.5, 0.6) is 46.0 Å². The summed E-state index contributed by atoms with van der Waals surface area (Å²) in [4.78, 5) is 39.2. The number of nitrogens with zero attached hydrogens (tertiary/aromatic N) is 7. The molecule has 0 atom stereocenters. The Kier molecular flexibility index (Phi) is 20.6. The number of methoxy groups -OCH3 is 8. The van der Waals surface area contributed by atoms with Crippen LogP contribution in [0.4, 0.5) is 9.59 Å². The number of hydrogen-bond acceptors (Lipinski definition) is 12. The minimum atomic E-state index is -0.472. The third-order valence-electron chi connectivity index (χ3n) is 20.4. The Morgan fingerprint density at radius 2 is 0.848 bits per heavy atom. The number of amides is 4. The summed E-state index contributed by atoms with van der Waals surface area (Å²) < 4.78 is 49.1. The molecule has 6 aliphatic rings. The molecule has 4 amide bonds. The Labute approximate surface area is 591 Å². The van der Waals surface area contributed by atoms with Gasteiger partial charge in [-0.2, -0.15) is 0 Å². The summed E-state index contributed by atoms with van der Waals surface area (Å²) in [6.45, 7) is 15.3. The fraction of sp³-hybridized carbons (Fsp3) is 0.375. The number of likely N-dealkylation sites (tertiary alicyclic amines) is 2. The predicted octanol–water partition coefficient (Wildman–Crippen LogP) is 15.0. The van der Waals surface area contributed by atoms with Crippen LogP contribution in [0.1, 0.15) is 97.9 Å². The zero-order valence-corrected chi connectivity index (χ0v) is 60.7. The lowest BCUT2D eigenvalue weighted by molar-refractivity contribution is 0.0813. The molecule has 1 N–H and O–H groups in total. The fourth-order valence-corrected chi connectivity index (χ4v) is 15.9. The standard InChI is InChI=1S/C40H46N4O5.C29H37N3O5.C11H10BrN/c1-39(2)24-36-40(12-16-41(17-13-40)25-29-19-32(46-3)22-33(20-29)47-4)44(26-28-10-9-11-31(18-28)42-14-7-8-15-42)38(45)43(36)27-30-21-34(48-5)23-35(49-6)37(30)39;1-28(2)16-25-29(7-9-31(10-8-29)17-19-11-21(34-3)14-22(12-19)35-4)30-27(33)32(25)18-20-13-23(36-5)15-24(37-6)26(20)28;12-9-10-4-3-5-11(8-10)13-6-1-2-7-13/h7-11,14-15,18-24H,12-13,16-17,25-27H2,1-6H3;11-16H,7-10,17-18H2,1-6H3,(H,30,33);1-8H,9H2. The molecule has 2 aromatic heterocycles. The second-order valence-corrected chi connectivity index (χ2v) is 28.0. The number of fused-ring (bicyclic) bond motifs is 6. The number of nitrogens with one attached hydrogen (secondary N) is 1. The van der Waals surface area contributed by atoms with Crippen molar-refractivity contribution < 1.29 is 47.5 Å². The molecule has 4 fully saturated rings. The van der Waals surface area contributed by atoms with Gasteiger partial charge in [0.1, 0.15) is 46.0 Å². The van der Waals surface area contributed by atoms with Gasteiger partial charge in [0.05, 0.1) is 81.0 Å². The summed E-state index contributed by atoms with van der Waals surface area (Å²) in [5.74, 6) is 6.16. The van der Waals surface area contributed by atoms with Gasteiger partial charge in [0.25, 0.3) is 0 Å². The molecular formula is C80H93BrN8O10. The third-order valence-corrected chi connectivity index (χ3v) is 21.1. The van der Waals surface area contributed by atoms with Crippen LogP contribution in [0.15, 0.2) is 182 Å². The van der Waals surface area contributed by atoms with Crippen molar-refractivity contribution in [3.05, 3.63) is 226 Å². The summed E-state index contributed by atoms with van der Waals surface area (Å²) in [5.41, 5.74) is 11.8. The van der Waals surface area contributed by atoms with E-state index in [9.17, 15) is 9.59 Å². The van der Waals surface area contributed by atoms with Crippen molar-refractivity contribution in [3.63, 3.8) is 0 Å². The van der Waals surface area contributed by atoms with Crippen molar-refractivity contribution in [2.45, 2.75) is 113 Å². The molecule has 0 bridgehead atoms. The van der Waals surface area contributed by atoms with Gasteiger partial charge in [-0.15, -0.1) is 0 Å². The molecule has 0 radical (unpaired) electrons. The number of alkyl halides is 1. The summed E-state index contributed by atoms with van der Waals surface area (Å²) in [6.07, 6.45) is 16.1. The van der Waals surface area contributed by atoms with E-state index in [2.05, 4.69) is 164 Å². The molecule has 4 saturated heterocycles. The average Bonchev–Trinajstić information content (AvgIpc) is 1.57. The molecule has 520 valence electrons. The number of carbonyl (C=O) groups excluding carboxylic acids is 2. The van der Waals surface area contributed by atoms with E-state index in [4.69, 9.17) is 37.9 Å². The Balaban J connectivity index is 0.000000163. The lowest BCUT2D eigenvalue weighted by Crippen LogP contribution is -2.53. The highest BCUT2D eigenvalue weighted by molar-refractivity contribution is 9.08. The van der Waals surface area contributed by atoms with Gasteiger partial charge in [-0.3, -0.25) is 19.6 Å². The maximum Gasteiger partial charge on any atom is 0.325 e. The number of rotatable bonds is 17. The molecular weight excluding hydrogens is 1310 g/mol. The maximum atomic E-state index is 14.8. The number of halogens is 1. The van der Waals surface area contributed by atoms with E-state index < -0.39 is 11.0 Å². The second kappa shape index (κ2) is 29.3. The molecule has 0 saturated carbocycles. The highest BCUT2D eigenvalue weighted by atomic mass is 79.9. The van der Waals surface area contributed by atoms with E-state index >= 15 is 0 Å². The van der Waals surface area contributed by atoms with Crippen LogP contribution >= 0.6 is 15.9 Å². The summed E-state index contributed by atoms with van der Waals surface area (Å²) >= 11 is 3.45. The van der Waals surface area contributed by atoms with Crippen LogP contribution in [0, 0.1) is 0 Å². The van der Waals surface area contributed by atoms with Crippen LogP contribution < -0.4 is 43.2 Å². The molecule has 19 heteroatoms. The summed E-state index contributed by atoms with van der Waals surface area (Å²) in [5, 5.41) is 4.28. The highest BCUT2D eigenvalue weighted by Gasteiger charge is 2.57. The van der Waals surface area contributed by atoms with Gasteiger partial charge >= 0.3 is 12.1 Å². The predicted molar refractivity (Wildman–Crippen MR) is 390 cm³/mol. The highest BCUT2D eigenvalue weighted by Crippen LogP contribution is 2.52. The summed E-state index contributed by atoms with van der Waals surface area (Å²) in [6, 6.07) is 45.1. The second-order valence-electron chi connectivity index (χ2n) is 27.5. The molecule has 0 aliphatic carbocycles. The Morgan fingerprint density at radius 1 is 0.434 bits per heavy atom. The van der Waals surface area contributed by atoms with Crippen molar-refractivity contribution in [1.29, 1.82) is 0 Å². The average molecular weight is 1410 g/mol. The zero-order chi connectivity index (χ0) is 69.8. The van der Waals surface area contributed by atoms with Crippen LogP contribution in [0.3, 0.4) is 0 Å². The molecule has 99 heavy (non-hydrogen) atoms. The van der Waals surface area contributed by atoms with Crippen LogP contribution in [0.2, 0.25) is 0 Å². The number of carbonyl (C=O) groups is 2. The minimum Gasteiger partial charge on any atom is -0.497 e. The first-order chi connectivity index (χ1) is 47.8. The van der Waals surface area contributed by atoms with E-state index in [0.717, 1.165) is 172 Å². The van der Waals surface area contributed by atoms with Crippen LogP contribution in [-0.4, -0.2) is 140 Å². The van der Waals surface area contributed by atoms with Gasteiger partial charge in [0, 0.05) is 145 Å². The molecule has 18 nitrogen and oxygen atoms in total. The van der Waals surface area contributed by atoms with Crippen molar-refractivity contribution >= 4 is 28.0 Å². The number of aromatic nitrogens is 2. The lowest BCUT2D eigenvalue weighted by Gasteiger charge is -2.45. The van der Waals surface area contributed by atoms with Crippen LogP contribution in [0.25, 0.3) is 11.4 Å². The van der Waals surface area contributed by atoms with E-state index in [1.54, 1.807) is 56.9 Å². The van der Waals surface area contributed by atoms with E-state index in [0.29, 0.717) is 19.6 Å². The molecule has 2 spiro atoms. The molecule has 6 aliphatic heterocycles. The van der Waals surface area contributed by atoms with Gasteiger partial charge < -0.3 is 57.2 Å². The van der Waals surface area contributed by atoms with Crippen molar-refractivity contribution in [2.24, 2.45) is 0 Å². The molecule has 6 aromatic carbocycles. The van der Waals surface area contributed by atoms with E-state index in [1.807, 2.05) is 89.2 Å². The topological polar surface area (TPSA) is 146 Å². The minimum absolute atomic E-state index is 0.0361. The van der Waals surface area contributed by atoms with Gasteiger partial charge in [-0.1, -0.05) is 80.0 Å². The first kappa shape index (κ1) is 69.6. The maximum absolute atomic E-state index is 14.8. The quantitative estimate of drug-likeness (QED) is 0.0866. The number of benzene rings is 6. The zero-order valence-electron chi connectivity index (χ0n) is 59.2. The normalized spacial score (nSPS) is 17.7. The number of piperidine rings is 2. The number of hydrogen-bond donors (Lipinski definition) is 1. The third kappa shape index (κ3) is 14.3.